The van der Waals surface area contributed by atoms with Gasteiger partial charge in [0.25, 0.3) is 0 Å². The summed E-state index contributed by atoms with van der Waals surface area (Å²) >= 11 is 1.34. The number of nitrogens with zero attached hydrogens (tertiary/aromatic N) is 4. The number of rotatable bonds is 4. The first-order valence-corrected chi connectivity index (χ1v) is 10.5. The van der Waals surface area contributed by atoms with Crippen LogP contribution < -0.4 is 0 Å². The molecule has 1 atom stereocenters. The minimum Gasteiger partial charge on any atom is -0.492 e. The Kier molecular flexibility index (Phi) is 4.60. The Morgan fingerprint density at radius 3 is 2.69 bits per heavy atom. The van der Waals surface area contributed by atoms with Gasteiger partial charge < -0.3 is 9.52 Å². The lowest BCUT2D eigenvalue weighted by Crippen LogP contribution is -2.36. The predicted octanol–water partition coefficient (Wildman–Crippen LogP) is 4.72. The normalized spacial score (nSPS) is 17.2. The molecule has 150 valence electrons. The van der Waals surface area contributed by atoms with Crippen LogP contribution in [0, 0.1) is 11.7 Å². The highest BCUT2D eigenvalue weighted by Crippen LogP contribution is 2.42. The monoisotopic (exact) mass is 412 g/mol. The molecule has 5 rings (SSSR count). The number of halogens is 1. The smallest absolute Gasteiger partial charge is 0.230 e. The molecule has 0 bridgehead atoms. The number of thiazole rings is 1. The third kappa shape index (κ3) is 3.22. The van der Waals surface area contributed by atoms with Crippen molar-refractivity contribution in [2.45, 2.75) is 25.8 Å². The maximum absolute atomic E-state index is 14.8. The van der Waals surface area contributed by atoms with Crippen molar-refractivity contribution in [3.05, 3.63) is 58.9 Å². The molecule has 29 heavy (non-hydrogen) atoms. The van der Waals surface area contributed by atoms with Crippen molar-refractivity contribution in [1.29, 1.82) is 0 Å². The molecule has 1 aromatic carbocycles. The van der Waals surface area contributed by atoms with Crippen LogP contribution in [0.4, 0.5) is 4.39 Å². The Morgan fingerprint density at radius 2 is 2.00 bits per heavy atom. The van der Waals surface area contributed by atoms with Gasteiger partial charge in [-0.2, -0.15) is 9.50 Å². The second-order valence-electron chi connectivity index (χ2n) is 7.54. The van der Waals surface area contributed by atoms with Crippen molar-refractivity contribution < 1.29 is 13.9 Å². The van der Waals surface area contributed by atoms with Gasteiger partial charge in [-0.05, 0) is 50.0 Å². The van der Waals surface area contributed by atoms with Gasteiger partial charge in [-0.25, -0.2) is 4.39 Å². The summed E-state index contributed by atoms with van der Waals surface area (Å²) in [5.74, 6) is 1.34. The molecule has 1 N–H and O–H groups in total. The summed E-state index contributed by atoms with van der Waals surface area (Å²) in [4.78, 5) is 7.95. The number of fused-ring (bicyclic) bond motifs is 1. The molecule has 4 aromatic rings. The Labute approximate surface area is 171 Å². The number of hydrogen-bond donors (Lipinski definition) is 1. The number of hydrogen-bond acceptors (Lipinski definition) is 6. The summed E-state index contributed by atoms with van der Waals surface area (Å²) in [6, 6.07) is 9.95. The van der Waals surface area contributed by atoms with Crippen LogP contribution in [-0.4, -0.2) is 37.7 Å². The zero-order chi connectivity index (χ0) is 20.0. The Hall–Kier alpha value is -2.71. The lowest BCUT2D eigenvalue weighted by atomic mass is 9.95. The van der Waals surface area contributed by atoms with E-state index >= 15 is 0 Å². The van der Waals surface area contributed by atoms with Crippen LogP contribution in [-0.2, 0) is 0 Å². The molecule has 0 radical (unpaired) electrons. The highest BCUT2D eigenvalue weighted by molar-refractivity contribution is 7.17. The van der Waals surface area contributed by atoms with E-state index in [2.05, 4.69) is 21.9 Å². The molecular formula is C21H21FN4O2S. The van der Waals surface area contributed by atoms with Crippen molar-refractivity contribution in [3.8, 4) is 17.5 Å². The van der Waals surface area contributed by atoms with Crippen LogP contribution in [0.15, 0.2) is 47.1 Å². The topological polar surface area (TPSA) is 66.8 Å². The molecule has 1 fully saturated rings. The fraction of sp³-hybridized carbons (Fsp3) is 0.333. The zero-order valence-corrected chi connectivity index (χ0v) is 16.8. The standard InChI is InChI=1S/C21H21FN4O2S/c1-13-8-10-25(11-9-13)17(14-5-2-3-6-15(14)22)18-20(27)26-21(29-18)23-19(24-26)16-7-4-12-28-16/h2-7,12-13,17,27H,8-11H2,1H3/t17-/m1/s1. The fourth-order valence-electron chi connectivity index (χ4n) is 3.93. The maximum atomic E-state index is 14.8. The number of aromatic hydroxyl groups is 1. The van der Waals surface area contributed by atoms with Gasteiger partial charge in [-0.3, -0.25) is 4.90 Å². The quantitative estimate of drug-likeness (QED) is 0.526. The van der Waals surface area contributed by atoms with Gasteiger partial charge in [0.2, 0.25) is 16.7 Å². The van der Waals surface area contributed by atoms with Gasteiger partial charge in [0.15, 0.2) is 5.76 Å². The number of aromatic nitrogens is 3. The van der Waals surface area contributed by atoms with E-state index in [1.807, 2.05) is 6.07 Å². The average Bonchev–Trinajstić information content (AvgIpc) is 3.44. The highest BCUT2D eigenvalue weighted by atomic mass is 32.1. The number of piperidine rings is 1. The lowest BCUT2D eigenvalue weighted by molar-refractivity contribution is 0.155. The molecule has 1 aliphatic rings. The maximum Gasteiger partial charge on any atom is 0.230 e. The van der Waals surface area contributed by atoms with Crippen molar-refractivity contribution in [3.63, 3.8) is 0 Å². The first kappa shape index (κ1) is 18.3. The van der Waals surface area contributed by atoms with Crippen molar-refractivity contribution in [2.24, 2.45) is 5.92 Å². The molecule has 0 saturated carbocycles. The predicted molar refractivity (Wildman–Crippen MR) is 108 cm³/mol. The second kappa shape index (κ2) is 7.27. The van der Waals surface area contributed by atoms with Crippen LogP contribution in [0.5, 0.6) is 5.88 Å². The van der Waals surface area contributed by atoms with E-state index in [0.717, 1.165) is 25.9 Å². The molecular weight excluding hydrogens is 391 g/mol. The fourth-order valence-corrected chi connectivity index (χ4v) is 5.03. The lowest BCUT2D eigenvalue weighted by Gasteiger charge is -2.36. The van der Waals surface area contributed by atoms with Crippen LogP contribution >= 0.6 is 11.3 Å². The molecule has 3 aromatic heterocycles. The Balaban J connectivity index is 1.60. The SMILES string of the molecule is CC1CCN([C@H](c2ccccc2F)c2sc3nc(-c4ccco4)nn3c2O)CC1. The van der Waals surface area contributed by atoms with Gasteiger partial charge in [0.05, 0.1) is 17.2 Å². The molecule has 0 amide bonds. The average molecular weight is 412 g/mol. The first-order chi connectivity index (χ1) is 14.1. The van der Waals surface area contributed by atoms with E-state index in [0.29, 0.717) is 32.9 Å². The van der Waals surface area contributed by atoms with E-state index in [1.54, 1.807) is 30.5 Å². The first-order valence-electron chi connectivity index (χ1n) is 9.72. The van der Waals surface area contributed by atoms with Crippen molar-refractivity contribution in [1.82, 2.24) is 19.5 Å². The summed E-state index contributed by atoms with van der Waals surface area (Å²) in [6.07, 6.45) is 3.66. The molecule has 0 aliphatic carbocycles. The third-order valence-electron chi connectivity index (χ3n) is 5.57. The largest absolute Gasteiger partial charge is 0.492 e. The molecule has 0 spiro atoms. The molecule has 8 heteroatoms. The molecule has 6 nitrogen and oxygen atoms in total. The van der Waals surface area contributed by atoms with E-state index in [4.69, 9.17) is 4.42 Å². The number of benzene rings is 1. The summed E-state index contributed by atoms with van der Waals surface area (Å²) < 4.78 is 21.5. The highest BCUT2D eigenvalue weighted by Gasteiger charge is 2.33. The summed E-state index contributed by atoms with van der Waals surface area (Å²) in [6.45, 7) is 3.95. The van der Waals surface area contributed by atoms with E-state index in [9.17, 15) is 9.50 Å². The second-order valence-corrected chi connectivity index (χ2v) is 8.55. The van der Waals surface area contributed by atoms with Gasteiger partial charge >= 0.3 is 0 Å². The van der Waals surface area contributed by atoms with Crippen LogP contribution in [0.3, 0.4) is 0 Å². The summed E-state index contributed by atoms with van der Waals surface area (Å²) in [7, 11) is 0. The Morgan fingerprint density at radius 1 is 1.21 bits per heavy atom. The minimum atomic E-state index is -0.371. The molecule has 1 aliphatic heterocycles. The minimum absolute atomic E-state index is 0.00202. The van der Waals surface area contributed by atoms with Gasteiger partial charge in [0, 0.05) is 5.56 Å². The number of furan rings is 1. The van der Waals surface area contributed by atoms with E-state index in [-0.39, 0.29) is 17.7 Å². The van der Waals surface area contributed by atoms with E-state index < -0.39 is 0 Å². The summed E-state index contributed by atoms with van der Waals surface area (Å²) in [5, 5.41) is 15.4. The zero-order valence-electron chi connectivity index (χ0n) is 16.0. The van der Waals surface area contributed by atoms with Crippen LogP contribution in [0.1, 0.15) is 36.2 Å². The van der Waals surface area contributed by atoms with Crippen molar-refractivity contribution >= 4 is 16.3 Å². The van der Waals surface area contributed by atoms with Crippen LogP contribution in [0.25, 0.3) is 16.5 Å². The van der Waals surface area contributed by atoms with E-state index in [1.165, 1.54) is 21.9 Å². The third-order valence-corrected chi connectivity index (χ3v) is 6.65. The number of likely N-dealkylation sites (tertiary alicyclic amines) is 1. The van der Waals surface area contributed by atoms with Gasteiger partial charge in [-0.1, -0.05) is 36.5 Å². The summed E-state index contributed by atoms with van der Waals surface area (Å²) in [5.41, 5.74) is 0.563. The van der Waals surface area contributed by atoms with Gasteiger partial charge in [-0.15, -0.1) is 5.10 Å². The van der Waals surface area contributed by atoms with Crippen LogP contribution in [0.2, 0.25) is 0 Å². The van der Waals surface area contributed by atoms with Gasteiger partial charge in [0.1, 0.15) is 5.82 Å². The Bertz CT molecular complexity index is 1130. The molecule has 0 unspecified atom stereocenters. The molecule has 4 heterocycles. The molecule has 1 saturated heterocycles. The van der Waals surface area contributed by atoms with Crippen molar-refractivity contribution in [2.75, 3.05) is 13.1 Å².